The van der Waals surface area contributed by atoms with E-state index in [4.69, 9.17) is 22.1 Å². The average Bonchev–Trinajstić information content (AvgIpc) is 2.55. The zero-order valence-corrected chi connectivity index (χ0v) is 13.9. The molecule has 0 saturated carbocycles. The summed E-state index contributed by atoms with van der Waals surface area (Å²) in [5.74, 6) is 0.841. The molecule has 0 bridgehead atoms. The second-order valence-corrected chi connectivity index (χ2v) is 5.58. The number of hydrogen-bond acceptors (Lipinski definition) is 3. The van der Waals surface area contributed by atoms with Gasteiger partial charge in [0.05, 0.1) is 6.04 Å². The number of halogens is 1. The van der Waals surface area contributed by atoms with Crippen molar-refractivity contribution < 1.29 is 4.74 Å². The SMILES string of the molecule is CCN(CC)c1cccc(OCC(N)c2ccc(Cl)cc2)c1. The summed E-state index contributed by atoms with van der Waals surface area (Å²) in [6.45, 7) is 6.68. The van der Waals surface area contributed by atoms with E-state index in [9.17, 15) is 0 Å². The van der Waals surface area contributed by atoms with Crippen LogP contribution in [0.3, 0.4) is 0 Å². The molecule has 2 aromatic rings. The topological polar surface area (TPSA) is 38.5 Å². The van der Waals surface area contributed by atoms with Crippen LogP contribution in [0.2, 0.25) is 5.02 Å². The highest BCUT2D eigenvalue weighted by molar-refractivity contribution is 6.30. The van der Waals surface area contributed by atoms with Gasteiger partial charge >= 0.3 is 0 Å². The van der Waals surface area contributed by atoms with E-state index in [0.717, 1.165) is 24.4 Å². The van der Waals surface area contributed by atoms with Gasteiger partial charge in [-0.3, -0.25) is 0 Å². The number of benzene rings is 2. The van der Waals surface area contributed by atoms with Gasteiger partial charge in [0, 0.05) is 29.9 Å². The number of nitrogens with zero attached hydrogens (tertiary/aromatic N) is 1. The van der Waals surface area contributed by atoms with Crippen LogP contribution < -0.4 is 15.4 Å². The lowest BCUT2D eigenvalue weighted by Gasteiger charge is -2.22. The van der Waals surface area contributed by atoms with E-state index in [1.165, 1.54) is 5.69 Å². The third-order valence-corrected chi connectivity index (χ3v) is 3.93. The molecule has 0 aliphatic rings. The molecule has 0 spiro atoms. The molecule has 22 heavy (non-hydrogen) atoms. The molecule has 0 aliphatic heterocycles. The molecule has 1 atom stereocenters. The van der Waals surface area contributed by atoms with Crippen LogP contribution in [0.1, 0.15) is 25.5 Å². The van der Waals surface area contributed by atoms with Crippen molar-refractivity contribution in [3.8, 4) is 5.75 Å². The lowest BCUT2D eigenvalue weighted by atomic mass is 10.1. The fourth-order valence-electron chi connectivity index (χ4n) is 2.35. The highest BCUT2D eigenvalue weighted by atomic mass is 35.5. The summed E-state index contributed by atoms with van der Waals surface area (Å²) in [6, 6.07) is 15.5. The minimum atomic E-state index is -0.172. The molecule has 2 rings (SSSR count). The van der Waals surface area contributed by atoms with Crippen molar-refractivity contribution >= 4 is 17.3 Å². The molecule has 0 radical (unpaired) electrons. The number of hydrogen-bond donors (Lipinski definition) is 1. The smallest absolute Gasteiger partial charge is 0.121 e. The van der Waals surface area contributed by atoms with Crippen LogP contribution in [0.4, 0.5) is 5.69 Å². The first-order chi connectivity index (χ1) is 10.6. The van der Waals surface area contributed by atoms with Gasteiger partial charge in [-0.15, -0.1) is 0 Å². The number of ether oxygens (including phenoxy) is 1. The van der Waals surface area contributed by atoms with Crippen molar-refractivity contribution in [1.29, 1.82) is 0 Å². The van der Waals surface area contributed by atoms with Gasteiger partial charge in [-0.25, -0.2) is 0 Å². The Bertz CT molecular complexity index is 582. The van der Waals surface area contributed by atoms with Gasteiger partial charge in [0.2, 0.25) is 0 Å². The van der Waals surface area contributed by atoms with Crippen LogP contribution in [0.5, 0.6) is 5.75 Å². The minimum absolute atomic E-state index is 0.172. The Balaban J connectivity index is 1.99. The Labute approximate surface area is 137 Å². The third kappa shape index (κ3) is 4.39. The minimum Gasteiger partial charge on any atom is -0.492 e. The Morgan fingerprint density at radius 1 is 1.09 bits per heavy atom. The van der Waals surface area contributed by atoms with Crippen LogP contribution in [0.15, 0.2) is 48.5 Å². The maximum absolute atomic E-state index is 6.16. The highest BCUT2D eigenvalue weighted by Gasteiger charge is 2.08. The van der Waals surface area contributed by atoms with E-state index in [-0.39, 0.29) is 6.04 Å². The van der Waals surface area contributed by atoms with Crippen LogP contribution >= 0.6 is 11.6 Å². The summed E-state index contributed by atoms with van der Waals surface area (Å²) in [7, 11) is 0. The fraction of sp³-hybridized carbons (Fsp3) is 0.333. The Hall–Kier alpha value is -1.71. The quantitative estimate of drug-likeness (QED) is 0.828. The molecule has 0 aliphatic carbocycles. The van der Waals surface area contributed by atoms with E-state index < -0.39 is 0 Å². The maximum atomic E-state index is 6.16. The number of nitrogens with two attached hydrogens (primary N) is 1. The summed E-state index contributed by atoms with van der Waals surface area (Å²) < 4.78 is 5.85. The van der Waals surface area contributed by atoms with Crippen LogP contribution in [-0.4, -0.2) is 19.7 Å². The Morgan fingerprint density at radius 3 is 2.41 bits per heavy atom. The van der Waals surface area contributed by atoms with Crippen molar-refractivity contribution in [2.24, 2.45) is 5.73 Å². The molecule has 3 nitrogen and oxygen atoms in total. The van der Waals surface area contributed by atoms with Crippen molar-refractivity contribution in [2.45, 2.75) is 19.9 Å². The molecule has 0 heterocycles. The molecule has 2 N–H and O–H groups in total. The normalized spacial score (nSPS) is 12.0. The zero-order chi connectivity index (χ0) is 15.9. The Morgan fingerprint density at radius 2 is 1.77 bits per heavy atom. The standard InChI is InChI=1S/C18H23ClN2O/c1-3-21(4-2)16-6-5-7-17(12-16)22-13-18(20)14-8-10-15(19)11-9-14/h5-12,18H,3-4,13,20H2,1-2H3. The maximum Gasteiger partial charge on any atom is 0.121 e. The van der Waals surface area contributed by atoms with Crippen LogP contribution in [0, 0.1) is 0 Å². The van der Waals surface area contributed by atoms with Gasteiger partial charge < -0.3 is 15.4 Å². The van der Waals surface area contributed by atoms with Gasteiger partial charge in [-0.1, -0.05) is 29.8 Å². The third-order valence-electron chi connectivity index (χ3n) is 3.67. The molecular weight excluding hydrogens is 296 g/mol. The fourth-order valence-corrected chi connectivity index (χ4v) is 2.48. The van der Waals surface area contributed by atoms with Gasteiger partial charge in [0.25, 0.3) is 0 Å². The van der Waals surface area contributed by atoms with Crippen molar-refractivity contribution in [3.05, 3.63) is 59.1 Å². The highest BCUT2D eigenvalue weighted by Crippen LogP contribution is 2.22. The molecule has 4 heteroatoms. The van der Waals surface area contributed by atoms with Gasteiger partial charge in [0.15, 0.2) is 0 Å². The second kappa shape index (κ2) is 8.06. The molecule has 0 saturated heterocycles. The Kier molecular flexibility index (Phi) is 6.10. The van der Waals surface area contributed by atoms with E-state index in [0.29, 0.717) is 11.6 Å². The van der Waals surface area contributed by atoms with E-state index in [1.54, 1.807) is 0 Å². The number of rotatable bonds is 7. The second-order valence-electron chi connectivity index (χ2n) is 5.14. The molecule has 1 unspecified atom stereocenters. The first kappa shape index (κ1) is 16.7. The van der Waals surface area contributed by atoms with Crippen LogP contribution in [-0.2, 0) is 0 Å². The van der Waals surface area contributed by atoms with E-state index in [1.807, 2.05) is 36.4 Å². The molecular formula is C18H23ClN2O. The lowest BCUT2D eigenvalue weighted by molar-refractivity contribution is 0.291. The molecule has 0 fully saturated rings. The molecule has 0 amide bonds. The summed E-state index contributed by atoms with van der Waals surface area (Å²) in [5, 5.41) is 0.712. The molecule has 118 valence electrons. The molecule has 0 aromatic heterocycles. The first-order valence-corrected chi connectivity index (χ1v) is 8.00. The predicted molar refractivity (Wildman–Crippen MR) is 93.9 cm³/mol. The monoisotopic (exact) mass is 318 g/mol. The first-order valence-electron chi connectivity index (χ1n) is 7.63. The van der Waals surface area contributed by atoms with Crippen molar-refractivity contribution in [2.75, 3.05) is 24.6 Å². The summed E-state index contributed by atoms with van der Waals surface area (Å²) in [4.78, 5) is 2.28. The lowest BCUT2D eigenvalue weighted by Crippen LogP contribution is -2.22. The summed E-state index contributed by atoms with van der Waals surface area (Å²) in [5.41, 5.74) is 8.35. The van der Waals surface area contributed by atoms with Gasteiger partial charge in [-0.05, 0) is 43.7 Å². The van der Waals surface area contributed by atoms with E-state index >= 15 is 0 Å². The van der Waals surface area contributed by atoms with E-state index in [2.05, 4.69) is 30.9 Å². The predicted octanol–water partition coefficient (Wildman–Crippen LogP) is 4.27. The summed E-state index contributed by atoms with van der Waals surface area (Å²) in [6.07, 6.45) is 0. The van der Waals surface area contributed by atoms with Crippen molar-refractivity contribution in [3.63, 3.8) is 0 Å². The van der Waals surface area contributed by atoms with Gasteiger partial charge in [0.1, 0.15) is 12.4 Å². The van der Waals surface area contributed by atoms with Crippen LogP contribution in [0.25, 0.3) is 0 Å². The molecule has 2 aromatic carbocycles. The largest absolute Gasteiger partial charge is 0.492 e. The average molecular weight is 319 g/mol. The zero-order valence-electron chi connectivity index (χ0n) is 13.1. The summed E-state index contributed by atoms with van der Waals surface area (Å²) >= 11 is 5.89. The number of anilines is 1. The van der Waals surface area contributed by atoms with Gasteiger partial charge in [-0.2, -0.15) is 0 Å². The van der Waals surface area contributed by atoms with Crippen molar-refractivity contribution in [1.82, 2.24) is 0 Å².